The molecule has 0 aliphatic carbocycles. The number of hydrogen-bond donors (Lipinski definition) is 1. The number of aryl methyl sites for hydroxylation is 1. The van der Waals surface area contributed by atoms with E-state index in [1.807, 2.05) is 0 Å². The van der Waals surface area contributed by atoms with Gasteiger partial charge >= 0.3 is 6.18 Å². The van der Waals surface area contributed by atoms with Gasteiger partial charge in [-0.3, -0.25) is 9.48 Å². The van der Waals surface area contributed by atoms with Crippen LogP contribution in [0.3, 0.4) is 0 Å². The molecule has 0 unspecified atom stereocenters. The number of carbonyl (C=O) groups excluding carboxylic acids is 1. The molecule has 0 radical (unpaired) electrons. The summed E-state index contributed by atoms with van der Waals surface area (Å²) in [6.45, 7) is 0.0530. The first-order valence-electron chi connectivity index (χ1n) is 9.63. The van der Waals surface area contributed by atoms with Gasteiger partial charge in [-0.15, -0.1) is 0 Å². The lowest BCUT2D eigenvalue weighted by atomic mass is 10.0. The molecule has 1 amide bonds. The number of carbonyl (C=O) groups is 1. The first kappa shape index (κ1) is 20.0. The molecule has 4 heterocycles. The van der Waals surface area contributed by atoms with E-state index in [0.29, 0.717) is 27.8 Å². The maximum absolute atomic E-state index is 13.2. The highest BCUT2D eigenvalue weighted by Gasteiger charge is 2.36. The van der Waals surface area contributed by atoms with Crippen molar-refractivity contribution in [1.29, 1.82) is 0 Å². The highest BCUT2D eigenvalue weighted by molar-refractivity contribution is 6.09. The van der Waals surface area contributed by atoms with E-state index in [2.05, 4.69) is 15.1 Å². The summed E-state index contributed by atoms with van der Waals surface area (Å²) in [5, 5.41) is 5.63. The van der Waals surface area contributed by atoms with Crippen LogP contribution in [0.4, 0.5) is 19.0 Å². The van der Waals surface area contributed by atoms with E-state index < -0.39 is 23.7 Å². The first-order valence-corrected chi connectivity index (χ1v) is 9.63. The maximum Gasteiger partial charge on any atom is 0.416 e. The van der Waals surface area contributed by atoms with Crippen LogP contribution in [-0.4, -0.2) is 44.2 Å². The minimum atomic E-state index is -4.47. The van der Waals surface area contributed by atoms with Gasteiger partial charge < -0.3 is 15.4 Å². The Morgan fingerprint density at radius 1 is 1.25 bits per heavy atom. The van der Waals surface area contributed by atoms with Crippen molar-refractivity contribution in [2.75, 3.05) is 19.4 Å². The number of rotatable bonds is 2. The Kier molecular flexibility index (Phi) is 4.26. The Morgan fingerprint density at radius 2 is 2.03 bits per heavy atom. The van der Waals surface area contributed by atoms with E-state index in [0.717, 1.165) is 17.5 Å². The predicted molar refractivity (Wildman–Crippen MR) is 110 cm³/mol. The zero-order valence-electron chi connectivity index (χ0n) is 17.0. The van der Waals surface area contributed by atoms with Crippen LogP contribution in [-0.2, 0) is 13.2 Å². The van der Waals surface area contributed by atoms with E-state index >= 15 is 0 Å². The van der Waals surface area contributed by atoms with Crippen LogP contribution in [0.25, 0.3) is 21.8 Å². The Balaban J connectivity index is 1.50. The molecule has 1 atom stereocenters. The first-order chi connectivity index (χ1) is 15.1. The number of amides is 1. The lowest BCUT2D eigenvalue weighted by molar-refractivity contribution is -0.137. The van der Waals surface area contributed by atoms with Crippen LogP contribution in [0.5, 0.6) is 5.75 Å². The number of nitrogen functional groups attached to an aromatic ring is 1. The number of benzene rings is 1. The van der Waals surface area contributed by atoms with Gasteiger partial charge in [-0.25, -0.2) is 9.97 Å². The lowest BCUT2D eigenvalue weighted by Gasteiger charge is -2.23. The van der Waals surface area contributed by atoms with Crippen LogP contribution in [0.15, 0.2) is 36.7 Å². The number of fused-ring (bicyclic) bond motifs is 4. The molecule has 0 spiro atoms. The highest BCUT2D eigenvalue weighted by atomic mass is 19.4. The average Bonchev–Trinajstić information content (AvgIpc) is 3.35. The van der Waals surface area contributed by atoms with Crippen molar-refractivity contribution in [3.05, 3.63) is 53.5 Å². The molecule has 32 heavy (non-hydrogen) atoms. The smallest absolute Gasteiger partial charge is 0.416 e. The summed E-state index contributed by atoms with van der Waals surface area (Å²) in [6.07, 6.45) is -1.36. The second kappa shape index (κ2) is 6.81. The topological polar surface area (TPSA) is 99.2 Å². The van der Waals surface area contributed by atoms with Gasteiger partial charge in [0.05, 0.1) is 29.5 Å². The van der Waals surface area contributed by atoms with E-state index in [9.17, 15) is 18.0 Å². The van der Waals surface area contributed by atoms with Crippen molar-refractivity contribution in [2.24, 2.45) is 7.05 Å². The van der Waals surface area contributed by atoms with E-state index in [4.69, 9.17) is 10.5 Å². The molecule has 164 valence electrons. The molecule has 3 aromatic heterocycles. The van der Waals surface area contributed by atoms with Crippen LogP contribution in [0.2, 0.25) is 0 Å². The van der Waals surface area contributed by atoms with Crippen LogP contribution < -0.4 is 10.5 Å². The summed E-state index contributed by atoms with van der Waals surface area (Å²) in [4.78, 5) is 23.2. The number of anilines is 1. The molecule has 8 nitrogen and oxygen atoms in total. The SMILES string of the molecule is CN(C(=O)c1cc2c(cn1)nc(N)c1c2cnn1C)[C@@H]1COc2cc(C(F)(F)F)ccc21. The van der Waals surface area contributed by atoms with Gasteiger partial charge in [0.25, 0.3) is 5.91 Å². The van der Waals surface area contributed by atoms with Crippen molar-refractivity contribution >= 4 is 33.5 Å². The molecule has 2 N–H and O–H groups in total. The molecule has 1 aromatic carbocycles. The minimum Gasteiger partial charge on any atom is -0.491 e. The van der Waals surface area contributed by atoms with E-state index in [1.54, 1.807) is 31.0 Å². The van der Waals surface area contributed by atoms with Gasteiger partial charge in [0.1, 0.15) is 29.4 Å². The van der Waals surface area contributed by atoms with E-state index in [-0.39, 0.29) is 18.1 Å². The van der Waals surface area contributed by atoms with Gasteiger partial charge in [-0.2, -0.15) is 18.3 Å². The van der Waals surface area contributed by atoms with Crippen molar-refractivity contribution in [1.82, 2.24) is 24.6 Å². The highest BCUT2D eigenvalue weighted by Crippen LogP contribution is 2.40. The van der Waals surface area contributed by atoms with Crippen LogP contribution >= 0.6 is 0 Å². The van der Waals surface area contributed by atoms with Gasteiger partial charge in [-0.1, -0.05) is 6.07 Å². The standard InChI is InChI=1S/C21H17F3N6O2/c1-29(16-9-32-17-5-10(21(22,23)24)3-4-11(16)17)20(31)14-6-12-13-7-27-30(2)18(13)19(25)28-15(12)8-26-14/h3-8,16H,9H2,1-2H3,(H2,25,28)/t16-/m1/s1. The number of aromatic nitrogens is 4. The minimum absolute atomic E-state index is 0.0530. The summed E-state index contributed by atoms with van der Waals surface area (Å²) >= 11 is 0. The third-order valence-electron chi connectivity index (χ3n) is 5.70. The quantitative estimate of drug-likeness (QED) is 0.511. The molecule has 0 saturated carbocycles. The number of hydrogen-bond acceptors (Lipinski definition) is 6. The fourth-order valence-electron chi connectivity index (χ4n) is 4.00. The molecule has 0 bridgehead atoms. The zero-order valence-corrected chi connectivity index (χ0v) is 17.0. The normalized spacial score (nSPS) is 15.7. The van der Waals surface area contributed by atoms with Crippen molar-refractivity contribution in [3.8, 4) is 5.75 Å². The van der Waals surface area contributed by atoms with E-state index in [1.165, 1.54) is 17.2 Å². The molecule has 1 aliphatic rings. The Labute approximate surface area is 179 Å². The Hall–Kier alpha value is -3.89. The van der Waals surface area contributed by atoms with Crippen LogP contribution in [0, 0.1) is 0 Å². The fourth-order valence-corrected chi connectivity index (χ4v) is 4.00. The third kappa shape index (κ3) is 3.00. The Morgan fingerprint density at radius 3 is 2.78 bits per heavy atom. The number of likely N-dealkylation sites (N-methyl/N-ethyl adjacent to an activating group) is 1. The Bertz CT molecular complexity index is 1400. The van der Waals surface area contributed by atoms with Gasteiger partial charge in [0, 0.05) is 30.4 Å². The van der Waals surface area contributed by atoms with Crippen LogP contribution in [0.1, 0.15) is 27.7 Å². The number of halogens is 3. The summed E-state index contributed by atoms with van der Waals surface area (Å²) in [7, 11) is 3.31. The lowest BCUT2D eigenvalue weighted by Crippen LogP contribution is -2.32. The summed E-state index contributed by atoms with van der Waals surface area (Å²) in [5.74, 6) is 0.0261. The fraction of sp³-hybridized carbons (Fsp3) is 0.238. The molecule has 4 aromatic rings. The second-order valence-electron chi connectivity index (χ2n) is 7.61. The predicted octanol–water partition coefficient (Wildman–Crippen LogP) is 3.32. The monoisotopic (exact) mass is 442 g/mol. The molecular formula is C21H17F3N6O2. The van der Waals surface area contributed by atoms with Gasteiger partial charge in [0.2, 0.25) is 0 Å². The summed E-state index contributed by atoms with van der Waals surface area (Å²) in [5.41, 5.74) is 7.07. The molecular weight excluding hydrogens is 425 g/mol. The number of pyridine rings is 2. The van der Waals surface area contributed by atoms with Crippen molar-refractivity contribution < 1.29 is 22.7 Å². The number of nitrogens with two attached hydrogens (primary N) is 1. The maximum atomic E-state index is 13.2. The number of nitrogens with zero attached hydrogens (tertiary/aromatic N) is 5. The van der Waals surface area contributed by atoms with Gasteiger partial charge in [0.15, 0.2) is 0 Å². The molecule has 1 aliphatic heterocycles. The number of alkyl halides is 3. The molecule has 11 heteroatoms. The molecule has 5 rings (SSSR count). The molecule has 0 fully saturated rings. The zero-order chi connectivity index (χ0) is 22.8. The largest absolute Gasteiger partial charge is 0.491 e. The van der Waals surface area contributed by atoms with Crippen molar-refractivity contribution in [3.63, 3.8) is 0 Å². The summed E-state index contributed by atoms with van der Waals surface area (Å²) < 4.78 is 46.0. The van der Waals surface area contributed by atoms with Gasteiger partial charge in [-0.05, 0) is 18.2 Å². The number of ether oxygens (including phenoxy) is 1. The summed E-state index contributed by atoms with van der Waals surface area (Å²) in [6, 6.07) is 4.37. The second-order valence-corrected chi connectivity index (χ2v) is 7.61. The third-order valence-corrected chi connectivity index (χ3v) is 5.70. The average molecular weight is 442 g/mol. The molecule has 0 saturated heterocycles. The van der Waals surface area contributed by atoms with Crippen molar-refractivity contribution in [2.45, 2.75) is 12.2 Å².